The first-order valence-electron chi connectivity index (χ1n) is 4.56. The standard InChI is InChI=1S/C8H16N2O3/c1-7(2)5-9-3-4-13-6-8(9)10(11)12/h7-8H,3-6H2,1-2H3. The molecular weight excluding hydrogens is 172 g/mol. The minimum Gasteiger partial charge on any atom is -0.371 e. The Hall–Kier alpha value is -0.680. The summed E-state index contributed by atoms with van der Waals surface area (Å²) in [4.78, 5) is 12.3. The molecule has 0 spiro atoms. The number of rotatable bonds is 3. The Morgan fingerprint density at radius 2 is 2.38 bits per heavy atom. The molecule has 0 radical (unpaired) electrons. The number of nitro groups is 1. The maximum Gasteiger partial charge on any atom is 0.291 e. The molecule has 0 saturated carbocycles. The van der Waals surface area contributed by atoms with Crippen molar-refractivity contribution in [1.82, 2.24) is 4.90 Å². The monoisotopic (exact) mass is 188 g/mol. The molecule has 13 heavy (non-hydrogen) atoms. The third kappa shape index (κ3) is 2.93. The molecule has 1 heterocycles. The number of hydrogen-bond acceptors (Lipinski definition) is 4. The summed E-state index contributed by atoms with van der Waals surface area (Å²) >= 11 is 0. The zero-order valence-electron chi connectivity index (χ0n) is 8.10. The molecule has 0 bridgehead atoms. The van der Waals surface area contributed by atoms with Gasteiger partial charge in [0.1, 0.15) is 6.61 Å². The lowest BCUT2D eigenvalue weighted by atomic mass is 10.2. The summed E-state index contributed by atoms with van der Waals surface area (Å²) in [5, 5.41) is 10.6. The largest absolute Gasteiger partial charge is 0.371 e. The Morgan fingerprint density at radius 3 is 2.92 bits per heavy atom. The van der Waals surface area contributed by atoms with Gasteiger partial charge in [-0.05, 0) is 5.92 Å². The quantitative estimate of drug-likeness (QED) is 0.480. The van der Waals surface area contributed by atoms with Crippen LogP contribution in [0.2, 0.25) is 0 Å². The van der Waals surface area contributed by atoms with Gasteiger partial charge in [-0.25, -0.2) is 4.90 Å². The van der Waals surface area contributed by atoms with E-state index < -0.39 is 6.17 Å². The van der Waals surface area contributed by atoms with Crippen LogP contribution >= 0.6 is 0 Å². The van der Waals surface area contributed by atoms with Crippen LogP contribution < -0.4 is 0 Å². The van der Waals surface area contributed by atoms with Crippen LogP contribution in [0.1, 0.15) is 13.8 Å². The van der Waals surface area contributed by atoms with E-state index in [4.69, 9.17) is 4.74 Å². The third-order valence-electron chi connectivity index (χ3n) is 2.05. The van der Waals surface area contributed by atoms with Crippen LogP contribution in [0.15, 0.2) is 0 Å². The average molecular weight is 188 g/mol. The maximum atomic E-state index is 10.6. The molecule has 0 aromatic carbocycles. The normalized spacial score (nSPS) is 25.0. The van der Waals surface area contributed by atoms with Crippen molar-refractivity contribution in [3.05, 3.63) is 10.1 Å². The Morgan fingerprint density at radius 1 is 1.69 bits per heavy atom. The van der Waals surface area contributed by atoms with E-state index in [1.807, 2.05) is 4.90 Å². The highest BCUT2D eigenvalue weighted by Gasteiger charge is 2.32. The van der Waals surface area contributed by atoms with Crippen LogP contribution in [0.25, 0.3) is 0 Å². The summed E-state index contributed by atoms with van der Waals surface area (Å²) in [5.74, 6) is 0.459. The number of morpholine rings is 1. The molecule has 0 N–H and O–H groups in total. The first-order valence-corrected chi connectivity index (χ1v) is 4.56. The van der Waals surface area contributed by atoms with Gasteiger partial charge in [-0.15, -0.1) is 0 Å². The van der Waals surface area contributed by atoms with Gasteiger partial charge in [0.2, 0.25) is 0 Å². The minimum atomic E-state index is -0.642. The Kier molecular flexibility index (Phi) is 3.62. The molecule has 1 aliphatic rings. The second-order valence-corrected chi connectivity index (χ2v) is 3.73. The van der Waals surface area contributed by atoms with E-state index in [9.17, 15) is 10.1 Å². The highest BCUT2D eigenvalue weighted by Crippen LogP contribution is 2.09. The van der Waals surface area contributed by atoms with Crippen molar-refractivity contribution >= 4 is 0 Å². The molecule has 1 aliphatic heterocycles. The second kappa shape index (κ2) is 4.53. The predicted octanol–water partition coefficient (Wildman–Crippen LogP) is 0.577. The highest BCUT2D eigenvalue weighted by atomic mass is 16.6. The van der Waals surface area contributed by atoms with E-state index >= 15 is 0 Å². The third-order valence-corrected chi connectivity index (χ3v) is 2.05. The van der Waals surface area contributed by atoms with Gasteiger partial charge >= 0.3 is 0 Å². The molecule has 1 saturated heterocycles. The zero-order chi connectivity index (χ0) is 9.84. The van der Waals surface area contributed by atoms with E-state index in [1.165, 1.54) is 0 Å². The smallest absolute Gasteiger partial charge is 0.291 e. The van der Waals surface area contributed by atoms with Crippen LogP contribution in [0.3, 0.4) is 0 Å². The Bertz CT molecular complexity index is 184. The van der Waals surface area contributed by atoms with Crippen LogP contribution in [-0.2, 0) is 4.74 Å². The average Bonchev–Trinajstić information content (AvgIpc) is 2.03. The molecule has 1 atom stereocenters. The fourth-order valence-corrected chi connectivity index (χ4v) is 1.50. The molecule has 0 aliphatic carbocycles. The van der Waals surface area contributed by atoms with Crippen LogP contribution in [0.4, 0.5) is 0 Å². The minimum absolute atomic E-state index is 0.222. The van der Waals surface area contributed by atoms with Crippen molar-refractivity contribution in [3.63, 3.8) is 0 Å². The second-order valence-electron chi connectivity index (χ2n) is 3.73. The SMILES string of the molecule is CC(C)CN1CCOCC1[N+](=O)[O-]. The lowest BCUT2D eigenvalue weighted by molar-refractivity contribution is -0.560. The van der Waals surface area contributed by atoms with Gasteiger partial charge in [-0.3, -0.25) is 10.1 Å². The van der Waals surface area contributed by atoms with E-state index in [0.717, 1.165) is 6.54 Å². The molecular formula is C8H16N2O3. The molecule has 0 aromatic rings. The Labute approximate surface area is 77.8 Å². The summed E-state index contributed by atoms with van der Waals surface area (Å²) in [6, 6.07) is 0. The first-order chi connectivity index (χ1) is 6.11. The fourth-order valence-electron chi connectivity index (χ4n) is 1.50. The summed E-state index contributed by atoms with van der Waals surface area (Å²) in [5.41, 5.74) is 0. The van der Waals surface area contributed by atoms with Crippen molar-refractivity contribution in [3.8, 4) is 0 Å². The summed E-state index contributed by atoms with van der Waals surface area (Å²) in [6.07, 6.45) is -0.642. The lowest BCUT2D eigenvalue weighted by Gasteiger charge is -2.30. The van der Waals surface area contributed by atoms with Crippen molar-refractivity contribution in [2.45, 2.75) is 20.0 Å². The van der Waals surface area contributed by atoms with Gasteiger partial charge in [0.15, 0.2) is 0 Å². The van der Waals surface area contributed by atoms with E-state index in [0.29, 0.717) is 19.1 Å². The summed E-state index contributed by atoms with van der Waals surface area (Å²) < 4.78 is 5.07. The number of ether oxygens (including phenoxy) is 1. The van der Waals surface area contributed by atoms with Crippen LogP contribution in [0, 0.1) is 16.0 Å². The molecule has 5 heteroatoms. The van der Waals surface area contributed by atoms with E-state index in [2.05, 4.69) is 13.8 Å². The van der Waals surface area contributed by atoms with Gasteiger partial charge in [-0.1, -0.05) is 13.8 Å². The van der Waals surface area contributed by atoms with E-state index in [1.54, 1.807) is 0 Å². The fraction of sp³-hybridized carbons (Fsp3) is 1.00. The van der Waals surface area contributed by atoms with E-state index in [-0.39, 0.29) is 11.5 Å². The summed E-state index contributed by atoms with van der Waals surface area (Å²) in [6.45, 7) is 6.40. The topological polar surface area (TPSA) is 55.6 Å². The molecule has 5 nitrogen and oxygen atoms in total. The van der Waals surface area contributed by atoms with Gasteiger partial charge in [0, 0.05) is 18.0 Å². The lowest BCUT2D eigenvalue weighted by Crippen LogP contribution is -2.50. The van der Waals surface area contributed by atoms with Crippen molar-refractivity contribution in [1.29, 1.82) is 0 Å². The van der Waals surface area contributed by atoms with Crippen LogP contribution in [0.5, 0.6) is 0 Å². The van der Waals surface area contributed by atoms with Gasteiger partial charge in [0.05, 0.1) is 6.61 Å². The van der Waals surface area contributed by atoms with Gasteiger partial charge in [0.25, 0.3) is 6.17 Å². The summed E-state index contributed by atoms with van der Waals surface area (Å²) in [7, 11) is 0. The van der Waals surface area contributed by atoms with Crippen molar-refractivity contribution < 1.29 is 9.66 Å². The van der Waals surface area contributed by atoms with Gasteiger partial charge in [-0.2, -0.15) is 0 Å². The maximum absolute atomic E-state index is 10.6. The molecule has 1 unspecified atom stereocenters. The molecule has 1 rings (SSSR count). The highest BCUT2D eigenvalue weighted by molar-refractivity contribution is 4.68. The molecule has 1 fully saturated rings. The number of nitrogens with zero attached hydrogens (tertiary/aromatic N) is 2. The molecule has 0 amide bonds. The van der Waals surface area contributed by atoms with Crippen LogP contribution in [-0.4, -0.2) is 42.3 Å². The van der Waals surface area contributed by atoms with Crippen molar-refractivity contribution in [2.75, 3.05) is 26.3 Å². The first kappa shape index (κ1) is 10.4. The van der Waals surface area contributed by atoms with Crippen molar-refractivity contribution in [2.24, 2.45) is 5.92 Å². The molecule has 76 valence electrons. The predicted molar refractivity (Wildman–Crippen MR) is 48.0 cm³/mol. The van der Waals surface area contributed by atoms with Gasteiger partial charge < -0.3 is 4.74 Å². The Balaban J connectivity index is 2.51. The number of hydrogen-bond donors (Lipinski definition) is 0. The molecule has 0 aromatic heterocycles. The zero-order valence-corrected chi connectivity index (χ0v) is 8.10.